The van der Waals surface area contributed by atoms with Crippen LogP contribution in [0.3, 0.4) is 0 Å². The van der Waals surface area contributed by atoms with Crippen molar-refractivity contribution in [3.63, 3.8) is 0 Å². The number of thiazole rings is 1. The molecule has 3 N–H and O–H groups in total. The second-order valence-corrected chi connectivity index (χ2v) is 7.55. The van der Waals surface area contributed by atoms with Crippen LogP contribution in [0.4, 0.5) is 10.1 Å². The third-order valence-corrected chi connectivity index (χ3v) is 5.40. The minimum Gasteiger partial charge on any atom is -0.507 e. The summed E-state index contributed by atoms with van der Waals surface area (Å²) in [5.41, 5.74) is 1.84. The van der Waals surface area contributed by atoms with Gasteiger partial charge in [-0.2, -0.15) is 0 Å². The fourth-order valence-corrected chi connectivity index (χ4v) is 3.95. The number of phenols is 1. The minimum atomic E-state index is -0.647. The van der Waals surface area contributed by atoms with Crippen molar-refractivity contribution in [3.05, 3.63) is 78.1 Å². The molecule has 0 bridgehead atoms. The van der Waals surface area contributed by atoms with E-state index in [2.05, 4.69) is 15.6 Å². The summed E-state index contributed by atoms with van der Waals surface area (Å²) < 4.78 is 14.7. The summed E-state index contributed by atoms with van der Waals surface area (Å²) in [6.45, 7) is 0. The molecule has 0 saturated heterocycles. The first kappa shape index (κ1) is 19.0. The molecule has 0 radical (unpaired) electrons. The lowest BCUT2D eigenvalue weighted by atomic mass is 10.2. The van der Waals surface area contributed by atoms with Gasteiger partial charge in [-0.1, -0.05) is 24.3 Å². The number of amides is 1. The Hall–Kier alpha value is -3.36. The number of phenolic OH excluding ortho intramolecular Hbond substituents is 1. The summed E-state index contributed by atoms with van der Waals surface area (Å²) in [6.07, 6.45) is 0. The summed E-state index contributed by atoms with van der Waals surface area (Å²) in [7, 11) is 0. The first-order chi connectivity index (χ1) is 14.0. The number of nitrogens with zero attached hydrogens (tertiary/aromatic N) is 1. The van der Waals surface area contributed by atoms with Gasteiger partial charge in [0.15, 0.2) is 5.11 Å². The Morgan fingerprint density at radius 1 is 1.07 bits per heavy atom. The van der Waals surface area contributed by atoms with E-state index in [-0.39, 0.29) is 16.4 Å². The highest BCUT2D eigenvalue weighted by molar-refractivity contribution is 7.80. The maximum Gasteiger partial charge on any atom is 0.260 e. The molecule has 1 amide bonds. The van der Waals surface area contributed by atoms with Crippen LogP contribution < -0.4 is 10.6 Å². The number of hydrogen-bond donors (Lipinski definition) is 3. The summed E-state index contributed by atoms with van der Waals surface area (Å²) in [6, 6.07) is 18.2. The second kappa shape index (κ2) is 7.94. The van der Waals surface area contributed by atoms with Gasteiger partial charge in [-0.25, -0.2) is 9.37 Å². The molecule has 1 heterocycles. The zero-order chi connectivity index (χ0) is 20.4. The van der Waals surface area contributed by atoms with E-state index in [9.17, 15) is 14.3 Å². The molecule has 0 aliphatic heterocycles. The Morgan fingerprint density at radius 2 is 1.83 bits per heavy atom. The largest absolute Gasteiger partial charge is 0.507 e. The quantitative estimate of drug-likeness (QED) is 0.322. The molecule has 1 aromatic heterocycles. The molecule has 0 fully saturated rings. The smallest absolute Gasteiger partial charge is 0.260 e. The number of carbonyl (C=O) groups excluding carboxylic acids is 1. The number of hydrogen-bond acceptors (Lipinski definition) is 5. The topological polar surface area (TPSA) is 74.2 Å². The van der Waals surface area contributed by atoms with E-state index in [4.69, 9.17) is 12.2 Å². The number of rotatable bonds is 3. The highest BCUT2D eigenvalue weighted by Crippen LogP contribution is 2.36. The molecule has 4 aromatic rings. The van der Waals surface area contributed by atoms with Gasteiger partial charge in [0.25, 0.3) is 5.91 Å². The van der Waals surface area contributed by atoms with Gasteiger partial charge in [0.2, 0.25) is 0 Å². The molecule has 0 spiro atoms. The van der Waals surface area contributed by atoms with Crippen LogP contribution in [-0.2, 0) is 0 Å². The average molecular weight is 423 g/mol. The Labute approximate surface area is 174 Å². The third kappa shape index (κ3) is 4.08. The van der Waals surface area contributed by atoms with Crippen molar-refractivity contribution in [2.24, 2.45) is 0 Å². The summed E-state index contributed by atoms with van der Waals surface area (Å²) in [4.78, 5) is 16.7. The van der Waals surface area contributed by atoms with E-state index in [1.807, 2.05) is 24.3 Å². The van der Waals surface area contributed by atoms with Gasteiger partial charge in [-0.15, -0.1) is 11.3 Å². The maximum atomic E-state index is 13.7. The zero-order valence-electron chi connectivity index (χ0n) is 14.8. The highest BCUT2D eigenvalue weighted by atomic mass is 32.1. The van der Waals surface area contributed by atoms with Gasteiger partial charge in [0.05, 0.1) is 21.3 Å². The van der Waals surface area contributed by atoms with Crippen molar-refractivity contribution in [2.75, 3.05) is 5.32 Å². The molecule has 4 rings (SSSR count). The van der Waals surface area contributed by atoms with Crippen molar-refractivity contribution < 1.29 is 14.3 Å². The number of aromatic nitrogens is 1. The normalized spacial score (nSPS) is 10.7. The van der Waals surface area contributed by atoms with Gasteiger partial charge < -0.3 is 10.4 Å². The Balaban J connectivity index is 1.53. The van der Waals surface area contributed by atoms with Crippen LogP contribution in [0.2, 0.25) is 0 Å². The SMILES string of the molecule is O=C(NC(=S)Nc1ccc(O)c(-c2nc3ccccc3s2)c1)c1ccccc1F. The molecule has 0 aliphatic rings. The van der Waals surface area contributed by atoms with Crippen LogP contribution in [0, 0.1) is 5.82 Å². The number of halogens is 1. The van der Waals surface area contributed by atoms with Crippen molar-refractivity contribution in [2.45, 2.75) is 0 Å². The van der Waals surface area contributed by atoms with Crippen LogP contribution in [0.15, 0.2) is 66.7 Å². The van der Waals surface area contributed by atoms with Crippen LogP contribution in [0.25, 0.3) is 20.8 Å². The number of carbonyl (C=O) groups is 1. The molecule has 144 valence electrons. The zero-order valence-corrected chi connectivity index (χ0v) is 16.5. The molecule has 0 unspecified atom stereocenters. The summed E-state index contributed by atoms with van der Waals surface area (Å²) in [5, 5.41) is 16.3. The minimum absolute atomic E-state index is 0.0131. The van der Waals surface area contributed by atoms with Gasteiger partial charge in [-0.3, -0.25) is 10.1 Å². The lowest BCUT2D eigenvalue weighted by molar-refractivity contribution is 0.0974. The molecular formula is C21H14FN3O2S2. The van der Waals surface area contributed by atoms with E-state index < -0.39 is 11.7 Å². The summed E-state index contributed by atoms with van der Waals surface area (Å²) >= 11 is 6.62. The average Bonchev–Trinajstić information content (AvgIpc) is 3.13. The molecule has 0 aliphatic carbocycles. The summed E-state index contributed by atoms with van der Waals surface area (Å²) in [5.74, 6) is -1.20. The Morgan fingerprint density at radius 3 is 2.62 bits per heavy atom. The fourth-order valence-electron chi connectivity index (χ4n) is 2.75. The van der Waals surface area contributed by atoms with Gasteiger partial charge in [-0.05, 0) is 54.7 Å². The molecule has 29 heavy (non-hydrogen) atoms. The number of benzene rings is 3. The monoisotopic (exact) mass is 423 g/mol. The van der Waals surface area contributed by atoms with E-state index >= 15 is 0 Å². The van der Waals surface area contributed by atoms with E-state index in [1.165, 1.54) is 35.6 Å². The Bertz CT molecular complexity index is 1210. The van der Waals surface area contributed by atoms with E-state index in [0.29, 0.717) is 16.3 Å². The van der Waals surface area contributed by atoms with Gasteiger partial charge in [0.1, 0.15) is 16.6 Å². The molecule has 5 nitrogen and oxygen atoms in total. The number of aromatic hydroxyl groups is 1. The van der Waals surface area contributed by atoms with Gasteiger partial charge in [0, 0.05) is 5.69 Å². The molecule has 3 aromatic carbocycles. The number of anilines is 1. The van der Waals surface area contributed by atoms with Crippen molar-refractivity contribution >= 4 is 50.5 Å². The van der Waals surface area contributed by atoms with Crippen molar-refractivity contribution in [1.29, 1.82) is 0 Å². The lowest BCUT2D eigenvalue weighted by Gasteiger charge is -2.11. The highest BCUT2D eigenvalue weighted by Gasteiger charge is 2.14. The van der Waals surface area contributed by atoms with E-state index in [1.54, 1.807) is 18.2 Å². The first-order valence-electron chi connectivity index (χ1n) is 8.57. The second-order valence-electron chi connectivity index (χ2n) is 6.11. The maximum absolute atomic E-state index is 13.7. The lowest BCUT2D eigenvalue weighted by Crippen LogP contribution is -2.34. The number of fused-ring (bicyclic) bond motifs is 1. The van der Waals surface area contributed by atoms with Crippen LogP contribution >= 0.6 is 23.6 Å². The van der Waals surface area contributed by atoms with E-state index in [0.717, 1.165) is 10.2 Å². The number of thiocarbonyl (C=S) groups is 1. The van der Waals surface area contributed by atoms with Crippen LogP contribution in [-0.4, -0.2) is 21.1 Å². The molecule has 0 saturated carbocycles. The fraction of sp³-hybridized carbons (Fsp3) is 0. The third-order valence-electron chi connectivity index (χ3n) is 4.12. The van der Waals surface area contributed by atoms with Crippen LogP contribution in [0.5, 0.6) is 5.75 Å². The van der Waals surface area contributed by atoms with Crippen LogP contribution in [0.1, 0.15) is 10.4 Å². The predicted octanol–water partition coefficient (Wildman–Crippen LogP) is 4.93. The Kier molecular flexibility index (Phi) is 5.20. The van der Waals surface area contributed by atoms with Gasteiger partial charge >= 0.3 is 0 Å². The standard InChI is InChI=1S/C21H14FN3O2S2/c22-15-6-2-1-5-13(15)19(27)25-21(28)23-12-9-10-17(26)14(11-12)20-24-16-7-3-4-8-18(16)29-20/h1-11,26H,(H2,23,25,27,28). The molecule has 0 atom stereocenters. The molecular weight excluding hydrogens is 409 g/mol. The van der Waals surface area contributed by atoms with Crippen molar-refractivity contribution in [1.82, 2.24) is 10.3 Å². The number of nitrogens with one attached hydrogen (secondary N) is 2. The predicted molar refractivity (Wildman–Crippen MR) is 117 cm³/mol. The first-order valence-corrected chi connectivity index (χ1v) is 9.79. The number of para-hydroxylation sites is 1. The molecule has 8 heteroatoms. The van der Waals surface area contributed by atoms with Crippen molar-refractivity contribution in [3.8, 4) is 16.3 Å².